The number of benzene rings is 2. The Bertz CT molecular complexity index is 1000. The van der Waals surface area contributed by atoms with Gasteiger partial charge in [-0.15, -0.1) is 0 Å². The zero-order valence-corrected chi connectivity index (χ0v) is 15.1. The molecule has 27 heavy (non-hydrogen) atoms. The smallest absolute Gasteiger partial charge is 0.229 e. The fourth-order valence-corrected chi connectivity index (χ4v) is 2.94. The van der Waals surface area contributed by atoms with E-state index in [1.807, 2.05) is 18.2 Å². The van der Waals surface area contributed by atoms with Gasteiger partial charge in [0, 0.05) is 17.9 Å². The van der Waals surface area contributed by atoms with Crippen LogP contribution in [0.15, 0.2) is 42.6 Å². The van der Waals surface area contributed by atoms with E-state index in [4.69, 9.17) is 16.3 Å². The van der Waals surface area contributed by atoms with E-state index in [-0.39, 0.29) is 11.8 Å². The third-order valence-electron chi connectivity index (χ3n) is 4.03. The molecule has 1 aromatic heterocycles. The number of anilines is 5. The van der Waals surface area contributed by atoms with Gasteiger partial charge in [0.1, 0.15) is 5.75 Å². The Morgan fingerprint density at radius 2 is 1.96 bits per heavy atom. The zero-order chi connectivity index (χ0) is 18.8. The van der Waals surface area contributed by atoms with Crippen LogP contribution in [0.25, 0.3) is 0 Å². The standard InChI is InChI=1S/C18H16ClFN6O/c1-27-16-5-4-11(6-13(16)19)23-17-14(20)9-21-18(25-17)24-12-3-2-10-8-22-26-15(10)7-12/h2-7,9,22,26H,8H2,1H3,(H2,21,23,24,25). The number of hydrogen-bond acceptors (Lipinski definition) is 7. The number of aromatic nitrogens is 2. The number of nitrogens with one attached hydrogen (secondary N) is 4. The fourth-order valence-electron chi connectivity index (χ4n) is 2.68. The van der Waals surface area contributed by atoms with Gasteiger partial charge >= 0.3 is 0 Å². The van der Waals surface area contributed by atoms with E-state index in [9.17, 15) is 4.39 Å². The molecule has 9 heteroatoms. The van der Waals surface area contributed by atoms with Crippen LogP contribution in [-0.4, -0.2) is 17.1 Å². The number of hydrazine groups is 1. The van der Waals surface area contributed by atoms with Crippen LogP contribution in [0.5, 0.6) is 5.75 Å². The van der Waals surface area contributed by atoms with Gasteiger partial charge in [0.2, 0.25) is 5.95 Å². The zero-order valence-electron chi connectivity index (χ0n) is 14.3. The summed E-state index contributed by atoms with van der Waals surface area (Å²) >= 11 is 6.11. The van der Waals surface area contributed by atoms with E-state index in [2.05, 4.69) is 31.5 Å². The molecule has 0 radical (unpaired) electrons. The summed E-state index contributed by atoms with van der Waals surface area (Å²) in [5, 5.41) is 6.39. The van der Waals surface area contributed by atoms with Crippen LogP contribution < -0.4 is 26.2 Å². The first kappa shape index (κ1) is 17.3. The summed E-state index contributed by atoms with van der Waals surface area (Å²) in [6, 6.07) is 10.9. The minimum atomic E-state index is -0.577. The maximum atomic E-state index is 14.1. The van der Waals surface area contributed by atoms with Crippen molar-refractivity contribution in [3.63, 3.8) is 0 Å². The molecule has 0 aliphatic carbocycles. The molecule has 138 valence electrons. The second kappa shape index (κ2) is 7.26. The van der Waals surface area contributed by atoms with Crippen LogP contribution in [0.3, 0.4) is 0 Å². The first-order chi connectivity index (χ1) is 13.1. The van der Waals surface area contributed by atoms with Crippen molar-refractivity contribution >= 4 is 40.4 Å². The van der Waals surface area contributed by atoms with Crippen molar-refractivity contribution in [1.82, 2.24) is 15.4 Å². The first-order valence-corrected chi connectivity index (χ1v) is 8.52. The van der Waals surface area contributed by atoms with Crippen molar-refractivity contribution in [2.24, 2.45) is 0 Å². The number of hydrogen-bond donors (Lipinski definition) is 4. The largest absolute Gasteiger partial charge is 0.495 e. The van der Waals surface area contributed by atoms with E-state index >= 15 is 0 Å². The number of fused-ring (bicyclic) bond motifs is 1. The Labute approximate surface area is 159 Å². The molecule has 0 amide bonds. The lowest BCUT2D eigenvalue weighted by molar-refractivity contribution is 0.415. The molecule has 2 aromatic carbocycles. The second-order valence-electron chi connectivity index (χ2n) is 5.84. The third-order valence-corrected chi connectivity index (χ3v) is 4.32. The van der Waals surface area contributed by atoms with Crippen molar-refractivity contribution in [2.45, 2.75) is 6.54 Å². The van der Waals surface area contributed by atoms with Gasteiger partial charge < -0.3 is 20.8 Å². The molecule has 0 saturated carbocycles. The summed E-state index contributed by atoms with van der Waals surface area (Å²) in [6.45, 7) is 0.765. The van der Waals surface area contributed by atoms with Crippen LogP contribution in [0.1, 0.15) is 5.56 Å². The first-order valence-electron chi connectivity index (χ1n) is 8.14. The number of rotatable bonds is 5. The van der Waals surface area contributed by atoms with Crippen LogP contribution in [0.4, 0.5) is 33.2 Å². The van der Waals surface area contributed by atoms with Gasteiger partial charge in [-0.25, -0.2) is 14.8 Å². The van der Waals surface area contributed by atoms with Crippen molar-refractivity contribution < 1.29 is 9.13 Å². The van der Waals surface area contributed by atoms with E-state index in [0.717, 1.165) is 24.1 Å². The van der Waals surface area contributed by atoms with Gasteiger partial charge in [0.05, 0.1) is 24.0 Å². The number of nitrogens with zero attached hydrogens (tertiary/aromatic N) is 2. The molecule has 0 atom stereocenters. The minimum absolute atomic E-state index is 0.0367. The average Bonchev–Trinajstić information content (AvgIpc) is 3.12. The minimum Gasteiger partial charge on any atom is -0.495 e. The van der Waals surface area contributed by atoms with Crippen molar-refractivity contribution in [2.75, 3.05) is 23.2 Å². The summed E-state index contributed by atoms with van der Waals surface area (Å²) in [6.07, 6.45) is 1.11. The Morgan fingerprint density at radius 3 is 2.78 bits per heavy atom. The molecule has 4 N–H and O–H groups in total. The monoisotopic (exact) mass is 386 g/mol. The highest BCUT2D eigenvalue weighted by atomic mass is 35.5. The molecule has 4 rings (SSSR count). The highest BCUT2D eigenvalue weighted by Gasteiger charge is 2.12. The van der Waals surface area contributed by atoms with Crippen molar-refractivity contribution in [3.05, 3.63) is 59.0 Å². The second-order valence-corrected chi connectivity index (χ2v) is 6.25. The van der Waals surface area contributed by atoms with Crippen molar-refractivity contribution in [1.29, 1.82) is 0 Å². The van der Waals surface area contributed by atoms with Gasteiger partial charge in [-0.1, -0.05) is 17.7 Å². The van der Waals surface area contributed by atoms with Crippen LogP contribution in [-0.2, 0) is 6.54 Å². The molecule has 0 spiro atoms. The third kappa shape index (κ3) is 3.71. The maximum absolute atomic E-state index is 14.1. The molecule has 0 bridgehead atoms. The lowest BCUT2D eigenvalue weighted by Crippen LogP contribution is -2.10. The molecule has 0 unspecified atom stereocenters. The Kier molecular flexibility index (Phi) is 4.66. The molecule has 0 saturated heterocycles. The lowest BCUT2D eigenvalue weighted by atomic mass is 10.2. The maximum Gasteiger partial charge on any atom is 0.229 e. The molecule has 2 heterocycles. The number of ether oxygens (including phenoxy) is 1. The van der Waals surface area contributed by atoms with Crippen LogP contribution in [0.2, 0.25) is 5.02 Å². The Morgan fingerprint density at radius 1 is 1.15 bits per heavy atom. The van der Waals surface area contributed by atoms with Gasteiger partial charge in [0.25, 0.3) is 0 Å². The molecular weight excluding hydrogens is 371 g/mol. The molecule has 0 fully saturated rings. The van der Waals surface area contributed by atoms with E-state index in [0.29, 0.717) is 16.5 Å². The molecular formula is C18H16ClFN6O. The summed E-state index contributed by atoms with van der Waals surface area (Å²) in [7, 11) is 1.53. The predicted octanol–water partition coefficient (Wildman–Crippen LogP) is 4.20. The van der Waals surface area contributed by atoms with Gasteiger partial charge in [-0.3, -0.25) is 0 Å². The predicted molar refractivity (Wildman–Crippen MR) is 103 cm³/mol. The topological polar surface area (TPSA) is 83.1 Å². The highest BCUT2D eigenvalue weighted by molar-refractivity contribution is 6.32. The Hall–Kier alpha value is -3.10. The van der Waals surface area contributed by atoms with Crippen LogP contribution >= 0.6 is 11.6 Å². The fraction of sp³-hybridized carbons (Fsp3) is 0.111. The number of halogens is 2. The summed E-state index contributed by atoms with van der Waals surface area (Å²) in [4.78, 5) is 8.20. The molecule has 1 aliphatic heterocycles. The average molecular weight is 387 g/mol. The van der Waals surface area contributed by atoms with E-state index < -0.39 is 5.82 Å². The quantitative estimate of drug-likeness (QED) is 0.523. The summed E-state index contributed by atoms with van der Waals surface area (Å²) < 4.78 is 19.2. The molecule has 1 aliphatic rings. The highest BCUT2D eigenvalue weighted by Crippen LogP contribution is 2.30. The summed E-state index contributed by atoms with van der Waals surface area (Å²) in [5.74, 6) is 0.263. The van der Waals surface area contributed by atoms with Gasteiger partial charge in [0.15, 0.2) is 11.6 Å². The number of methoxy groups -OCH3 is 1. The SMILES string of the molecule is COc1ccc(Nc2nc(Nc3ccc4c(c3)NNC4)ncc2F)cc1Cl. The van der Waals surface area contributed by atoms with Gasteiger partial charge in [-0.05, 0) is 35.9 Å². The van der Waals surface area contributed by atoms with Crippen molar-refractivity contribution in [3.8, 4) is 5.75 Å². The molecule has 3 aromatic rings. The normalized spacial score (nSPS) is 12.3. The summed E-state index contributed by atoms with van der Waals surface area (Å²) in [5.41, 5.74) is 9.63. The van der Waals surface area contributed by atoms with E-state index in [1.54, 1.807) is 18.2 Å². The Balaban J connectivity index is 1.55. The molecule has 7 nitrogen and oxygen atoms in total. The van der Waals surface area contributed by atoms with E-state index in [1.165, 1.54) is 12.7 Å². The lowest BCUT2D eigenvalue weighted by Gasteiger charge is -2.11. The van der Waals surface area contributed by atoms with Gasteiger partial charge in [-0.2, -0.15) is 4.98 Å². The van der Waals surface area contributed by atoms with Crippen LogP contribution in [0, 0.1) is 5.82 Å².